The number of benzene rings is 1. The zero-order chi connectivity index (χ0) is 10.7. The molecule has 0 saturated heterocycles. The van der Waals surface area contributed by atoms with Crippen molar-refractivity contribution in [1.82, 2.24) is 5.32 Å². The van der Waals surface area contributed by atoms with Gasteiger partial charge in [-0.1, -0.05) is 23.7 Å². The minimum absolute atomic E-state index is 0. The van der Waals surface area contributed by atoms with Crippen molar-refractivity contribution >= 4 is 24.0 Å². The van der Waals surface area contributed by atoms with Gasteiger partial charge in [0.1, 0.15) is 11.5 Å². The average Bonchev–Trinajstić information content (AvgIpc) is 2.68. The Morgan fingerprint density at radius 2 is 1.94 bits per heavy atom. The van der Waals surface area contributed by atoms with Crippen LogP contribution in [-0.4, -0.2) is 7.05 Å². The van der Waals surface area contributed by atoms with Gasteiger partial charge in [0, 0.05) is 5.56 Å². The van der Waals surface area contributed by atoms with E-state index in [2.05, 4.69) is 5.32 Å². The van der Waals surface area contributed by atoms with Gasteiger partial charge in [-0.3, -0.25) is 0 Å². The van der Waals surface area contributed by atoms with Crippen LogP contribution in [-0.2, 0) is 6.54 Å². The van der Waals surface area contributed by atoms with Crippen LogP contribution in [0.3, 0.4) is 0 Å². The van der Waals surface area contributed by atoms with E-state index in [9.17, 15) is 0 Å². The lowest BCUT2D eigenvalue weighted by Gasteiger charge is -1.99. The maximum absolute atomic E-state index is 6.07. The maximum atomic E-state index is 6.07. The van der Waals surface area contributed by atoms with Crippen LogP contribution in [0.5, 0.6) is 0 Å². The van der Waals surface area contributed by atoms with Crippen molar-refractivity contribution in [3.05, 3.63) is 47.2 Å². The molecule has 0 aliphatic heterocycles. The first-order chi connectivity index (χ1) is 7.31. The molecule has 0 radical (unpaired) electrons. The van der Waals surface area contributed by atoms with Crippen LogP contribution in [0.25, 0.3) is 11.3 Å². The van der Waals surface area contributed by atoms with Crippen molar-refractivity contribution in [3.8, 4) is 11.3 Å². The summed E-state index contributed by atoms with van der Waals surface area (Å²) < 4.78 is 5.64. The van der Waals surface area contributed by atoms with Gasteiger partial charge in [0.2, 0.25) is 0 Å². The van der Waals surface area contributed by atoms with E-state index in [4.69, 9.17) is 16.0 Å². The molecular weight excluding hydrogens is 245 g/mol. The smallest absolute Gasteiger partial charge is 0.135 e. The van der Waals surface area contributed by atoms with Crippen LogP contribution in [0.4, 0.5) is 0 Å². The second-order valence-corrected chi connectivity index (χ2v) is 3.68. The Bertz CT molecular complexity index is 454. The van der Waals surface area contributed by atoms with Crippen molar-refractivity contribution < 1.29 is 4.42 Å². The lowest BCUT2D eigenvalue weighted by molar-refractivity contribution is 0.507. The SMILES string of the molecule is CNCc1ccc(-c2ccccc2Cl)o1.Cl. The molecule has 0 aliphatic rings. The van der Waals surface area contributed by atoms with Crippen molar-refractivity contribution in [3.63, 3.8) is 0 Å². The molecule has 1 heterocycles. The third-order valence-corrected chi connectivity index (χ3v) is 2.48. The van der Waals surface area contributed by atoms with Gasteiger partial charge >= 0.3 is 0 Å². The average molecular weight is 258 g/mol. The van der Waals surface area contributed by atoms with E-state index in [1.54, 1.807) is 0 Å². The third-order valence-electron chi connectivity index (χ3n) is 2.15. The summed E-state index contributed by atoms with van der Waals surface area (Å²) in [5.74, 6) is 1.72. The molecule has 0 spiro atoms. The number of furan rings is 1. The molecule has 2 nitrogen and oxygen atoms in total. The topological polar surface area (TPSA) is 25.2 Å². The second kappa shape index (κ2) is 5.94. The molecule has 0 bridgehead atoms. The van der Waals surface area contributed by atoms with Crippen molar-refractivity contribution in [2.75, 3.05) is 7.05 Å². The maximum Gasteiger partial charge on any atom is 0.135 e. The van der Waals surface area contributed by atoms with Gasteiger partial charge in [0.05, 0.1) is 11.6 Å². The Balaban J connectivity index is 0.00000128. The van der Waals surface area contributed by atoms with Crippen LogP contribution in [0.2, 0.25) is 5.02 Å². The molecule has 16 heavy (non-hydrogen) atoms. The summed E-state index contributed by atoms with van der Waals surface area (Å²) in [7, 11) is 1.89. The summed E-state index contributed by atoms with van der Waals surface area (Å²) >= 11 is 6.07. The molecule has 0 atom stereocenters. The normalized spacial score (nSPS) is 9.88. The molecule has 2 rings (SSSR count). The summed E-state index contributed by atoms with van der Waals surface area (Å²) in [6.45, 7) is 0.727. The van der Waals surface area contributed by atoms with Gasteiger partial charge in [-0.2, -0.15) is 0 Å². The molecule has 1 aromatic carbocycles. The van der Waals surface area contributed by atoms with Crippen molar-refractivity contribution in [1.29, 1.82) is 0 Å². The summed E-state index contributed by atoms with van der Waals surface area (Å²) in [5, 5.41) is 3.75. The van der Waals surface area contributed by atoms with Gasteiger partial charge in [-0.05, 0) is 31.3 Å². The zero-order valence-corrected chi connectivity index (χ0v) is 10.4. The minimum Gasteiger partial charge on any atom is -0.460 e. The number of rotatable bonds is 3. The van der Waals surface area contributed by atoms with E-state index >= 15 is 0 Å². The monoisotopic (exact) mass is 257 g/mol. The van der Waals surface area contributed by atoms with E-state index in [0.717, 1.165) is 23.6 Å². The van der Waals surface area contributed by atoms with Crippen LogP contribution in [0.1, 0.15) is 5.76 Å². The van der Waals surface area contributed by atoms with Gasteiger partial charge < -0.3 is 9.73 Å². The number of hydrogen-bond acceptors (Lipinski definition) is 2. The summed E-state index contributed by atoms with van der Waals surface area (Å²) in [4.78, 5) is 0. The lowest BCUT2D eigenvalue weighted by atomic mass is 10.2. The Kier molecular flexibility index (Phi) is 4.87. The van der Waals surface area contributed by atoms with Crippen LogP contribution in [0, 0.1) is 0 Å². The Morgan fingerprint density at radius 3 is 2.62 bits per heavy atom. The molecule has 0 amide bonds. The Labute approximate surface area is 106 Å². The highest BCUT2D eigenvalue weighted by Crippen LogP contribution is 2.28. The first-order valence-electron chi connectivity index (χ1n) is 4.79. The molecule has 86 valence electrons. The molecule has 2 aromatic rings. The Hall–Kier alpha value is -0.960. The van der Waals surface area contributed by atoms with Crippen molar-refractivity contribution in [2.24, 2.45) is 0 Å². The predicted molar refractivity (Wildman–Crippen MR) is 69.2 cm³/mol. The summed E-state index contributed by atoms with van der Waals surface area (Å²) in [6.07, 6.45) is 0. The fraction of sp³-hybridized carbons (Fsp3) is 0.167. The summed E-state index contributed by atoms with van der Waals surface area (Å²) in [5.41, 5.74) is 0.932. The summed E-state index contributed by atoms with van der Waals surface area (Å²) in [6, 6.07) is 11.6. The highest BCUT2D eigenvalue weighted by Gasteiger charge is 2.06. The van der Waals surface area contributed by atoms with E-state index in [1.165, 1.54) is 0 Å². The molecule has 1 N–H and O–H groups in total. The van der Waals surface area contributed by atoms with Crippen molar-refractivity contribution in [2.45, 2.75) is 6.54 Å². The quantitative estimate of drug-likeness (QED) is 0.907. The van der Waals surface area contributed by atoms with Crippen LogP contribution < -0.4 is 5.32 Å². The van der Waals surface area contributed by atoms with Gasteiger partial charge in [-0.15, -0.1) is 12.4 Å². The largest absolute Gasteiger partial charge is 0.460 e. The minimum atomic E-state index is 0. The van der Waals surface area contributed by atoms with E-state index in [-0.39, 0.29) is 12.4 Å². The van der Waals surface area contributed by atoms with E-state index in [0.29, 0.717) is 5.02 Å². The molecular formula is C12H13Cl2NO. The molecule has 0 fully saturated rings. The number of hydrogen-bond donors (Lipinski definition) is 1. The molecule has 1 aromatic heterocycles. The van der Waals surface area contributed by atoms with Crippen LogP contribution >= 0.6 is 24.0 Å². The molecule has 0 saturated carbocycles. The number of nitrogens with one attached hydrogen (secondary N) is 1. The van der Waals surface area contributed by atoms with Gasteiger partial charge in [-0.25, -0.2) is 0 Å². The first kappa shape index (κ1) is 13.1. The fourth-order valence-corrected chi connectivity index (χ4v) is 1.68. The van der Waals surface area contributed by atoms with Crippen LogP contribution in [0.15, 0.2) is 40.8 Å². The van der Waals surface area contributed by atoms with Gasteiger partial charge in [0.25, 0.3) is 0 Å². The second-order valence-electron chi connectivity index (χ2n) is 3.28. The fourth-order valence-electron chi connectivity index (χ4n) is 1.45. The standard InChI is InChI=1S/C12H12ClNO.ClH/c1-14-8-9-6-7-12(15-9)10-4-2-3-5-11(10)13;/h2-7,14H,8H2,1H3;1H. The number of halogens is 2. The highest BCUT2D eigenvalue weighted by molar-refractivity contribution is 6.33. The van der Waals surface area contributed by atoms with Gasteiger partial charge in [0.15, 0.2) is 0 Å². The van der Waals surface area contributed by atoms with E-state index in [1.807, 2.05) is 43.4 Å². The molecule has 0 aliphatic carbocycles. The lowest BCUT2D eigenvalue weighted by Crippen LogP contribution is -2.03. The Morgan fingerprint density at radius 1 is 1.19 bits per heavy atom. The zero-order valence-electron chi connectivity index (χ0n) is 8.87. The third kappa shape index (κ3) is 2.79. The molecule has 0 unspecified atom stereocenters. The first-order valence-corrected chi connectivity index (χ1v) is 5.17. The molecule has 4 heteroatoms. The predicted octanol–water partition coefficient (Wildman–Crippen LogP) is 3.74. The van der Waals surface area contributed by atoms with E-state index < -0.39 is 0 Å². The highest BCUT2D eigenvalue weighted by atomic mass is 35.5.